The molecule has 0 aliphatic carbocycles. The molecule has 0 saturated carbocycles. The molecule has 2 bridgehead atoms. The lowest BCUT2D eigenvalue weighted by Gasteiger charge is -2.38. The molecule has 1 N–H and O–H groups in total. The van der Waals surface area contributed by atoms with Gasteiger partial charge in [0.15, 0.2) is 0 Å². The summed E-state index contributed by atoms with van der Waals surface area (Å²) in [6, 6.07) is 0.633. The Balaban J connectivity index is 1.85. The van der Waals surface area contributed by atoms with Gasteiger partial charge >= 0.3 is 5.97 Å². The number of hydrogen-bond donors (Lipinski definition) is 1. The van der Waals surface area contributed by atoms with Crippen molar-refractivity contribution >= 4 is 33.3 Å². The van der Waals surface area contributed by atoms with Crippen molar-refractivity contribution in [1.29, 1.82) is 0 Å². The molecule has 2 aromatic rings. The zero-order chi connectivity index (χ0) is 17.7. The highest BCUT2D eigenvalue weighted by molar-refractivity contribution is 7.20. The van der Waals surface area contributed by atoms with Crippen LogP contribution in [0.25, 0.3) is 10.2 Å². The summed E-state index contributed by atoms with van der Waals surface area (Å²) in [4.78, 5) is 25.4. The largest absolute Gasteiger partial charge is 0.462 e. The number of aryl methyl sites for hydroxylation is 2. The van der Waals surface area contributed by atoms with Crippen molar-refractivity contribution in [3.05, 3.63) is 16.3 Å². The first-order chi connectivity index (χ1) is 12.0. The van der Waals surface area contributed by atoms with Gasteiger partial charge in [0, 0.05) is 12.1 Å². The van der Waals surface area contributed by atoms with Crippen LogP contribution in [0, 0.1) is 13.8 Å². The third-order valence-corrected chi connectivity index (χ3v) is 6.46. The van der Waals surface area contributed by atoms with E-state index < -0.39 is 0 Å². The Morgan fingerprint density at radius 3 is 2.60 bits per heavy atom. The van der Waals surface area contributed by atoms with E-state index in [4.69, 9.17) is 9.72 Å². The first kappa shape index (κ1) is 16.7. The lowest BCUT2D eigenvalue weighted by molar-refractivity contribution is 0.0531. The van der Waals surface area contributed by atoms with Gasteiger partial charge in [-0.05, 0) is 52.0 Å². The van der Waals surface area contributed by atoms with E-state index >= 15 is 0 Å². The number of aromatic nitrogens is 2. The minimum atomic E-state index is -0.288. The molecule has 0 radical (unpaired) electrons. The summed E-state index contributed by atoms with van der Waals surface area (Å²) >= 11 is 1.39. The van der Waals surface area contributed by atoms with E-state index in [0.717, 1.165) is 47.3 Å². The fourth-order valence-corrected chi connectivity index (χ4v) is 5.41. The molecule has 2 atom stereocenters. The molecule has 2 saturated heterocycles. The van der Waals surface area contributed by atoms with E-state index in [2.05, 4.69) is 9.88 Å². The lowest BCUT2D eigenvalue weighted by Crippen LogP contribution is -2.45. The van der Waals surface area contributed by atoms with Crippen molar-refractivity contribution in [1.82, 2.24) is 9.97 Å². The van der Waals surface area contributed by atoms with Crippen molar-refractivity contribution < 1.29 is 14.6 Å². The van der Waals surface area contributed by atoms with Gasteiger partial charge in [0.25, 0.3) is 0 Å². The molecule has 2 aromatic heterocycles. The van der Waals surface area contributed by atoms with Crippen molar-refractivity contribution in [2.45, 2.75) is 64.6 Å². The average Bonchev–Trinajstić information content (AvgIpc) is 3.02. The van der Waals surface area contributed by atoms with Gasteiger partial charge in [-0.2, -0.15) is 0 Å². The molecule has 0 amide bonds. The van der Waals surface area contributed by atoms with Gasteiger partial charge in [0.05, 0.1) is 18.1 Å². The fourth-order valence-electron chi connectivity index (χ4n) is 4.29. The first-order valence-corrected chi connectivity index (χ1v) is 9.72. The predicted molar refractivity (Wildman–Crippen MR) is 97.4 cm³/mol. The number of carbonyl (C=O) groups excluding carboxylic acids is 1. The molecule has 25 heavy (non-hydrogen) atoms. The summed E-state index contributed by atoms with van der Waals surface area (Å²) in [6.07, 6.45) is 3.52. The number of aliphatic hydroxyl groups excluding tert-OH is 1. The second kappa shape index (κ2) is 6.21. The monoisotopic (exact) mass is 361 g/mol. The summed E-state index contributed by atoms with van der Waals surface area (Å²) in [5.41, 5.74) is 0.902. The van der Waals surface area contributed by atoms with Gasteiger partial charge in [-0.1, -0.05) is 0 Å². The van der Waals surface area contributed by atoms with Crippen molar-refractivity contribution in [3.8, 4) is 0 Å². The summed E-state index contributed by atoms with van der Waals surface area (Å²) in [5, 5.41) is 11.1. The van der Waals surface area contributed by atoms with Gasteiger partial charge in [0.2, 0.25) is 0 Å². The number of thiophene rings is 1. The highest BCUT2D eigenvalue weighted by Gasteiger charge is 2.42. The average molecular weight is 361 g/mol. The van der Waals surface area contributed by atoms with Crippen LogP contribution in [0.1, 0.15) is 53.7 Å². The smallest absolute Gasteiger partial charge is 0.348 e. The van der Waals surface area contributed by atoms with Crippen LogP contribution in [-0.2, 0) is 4.74 Å². The third kappa shape index (κ3) is 2.69. The summed E-state index contributed by atoms with van der Waals surface area (Å²) < 4.78 is 5.20. The van der Waals surface area contributed by atoms with Gasteiger partial charge in [-0.3, -0.25) is 0 Å². The van der Waals surface area contributed by atoms with Crippen molar-refractivity contribution in [2.75, 3.05) is 11.5 Å². The van der Waals surface area contributed by atoms with E-state index in [-0.39, 0.29) is 12.1 Å². The van der Waals surface area contributed by atoms with Crippen LogP contribution in [-0.4, -0.2) is 45.8 Å². The summed E-state index contributed by atoms with van der Waals surface area (Å²) in [7, 11) is 0. The second-order valence-electron chi connectivity index (χ2n) is 6.97. The number of fused-ring (bicyclic) bond motifs is 3. The van der Waals surface area contributed by atoms with E-state index in [1.54, 1.807) is 0 Å². The SMILES string of the molecule is CCOC(=O)c1sc2nc(C)nc(N3C4CCC3CC(O)C4)c2c1C. The maximum absolute atomic E-state index is 12.3. The maximum Gasteiger partial charge on any atom is 0.348 e. The van der Waals surface area contributed by atoms with Crippen molar-refractivity contribution in [2.24, 2.45) is 0 Å². The summed E-state index contributed by atoms with van der Waals surface area (Å²) in [6.45, 7) is 6.02. The molecule has 2 aliphatic rings. The Morgan fingerprint density at radius 1 is 1.28 bits per heavy atom. The van der Waals surface area contributed by atoms with E-state index in [1.165, 1.54) is 11.3 Å². The maximum atomic E-state index is 12.3. The predicted octanol–water partition coefficient (Wildman–Crippen LogP) is 2.98. The quantitative estimate of drug-likeness (QED) is 0.847. The van der Waals surface area contributed by atoms with Gasteiger partial charge in [0.1, 0.15) is 21.3 Å². The number of anilines is 1. The number of carbonyl (C=O) groups is 1. The minimum absolute atomic E-state index is 0.217. The Hall–Kier alpha value is -1.73. The number of hydrogen-bond acceptors (Lipinski definition) is 7. The standard InChI is InChI=1S/C18H23N3O3S/c1-4-24-18(23)15-9(2)14-16(19-10(3)20-17(14)25-15)21-11-5-6-12(21)8-13(22)7-11/h11-13,22H,4-8H2,1-3H3. The van der Waals surface area contributed by atoms with E-state index in [1.807, 2.05) is 20.8 Å². The molecule has 0 spiro atoms. The van der Waals surface area contributed by atoms with E-state index in [9.17, 15) is 9.90 Å². The molecule has 2 aliphatic heterocycles. The number of ether oxygens (including phenoxy) is 1. The third-order valence-electron chi connectivity index (χ3n) is 5.30. The van der Waals surface area contributed by atoms with Crippen LogP contribution in [0.2, 0.25) is 0 Å². The molecule has 4 heterocycles. The Bertz CT molecular complexity index is 821. The molecule has 4 rings (SSSR count). The van der Waals surface area contributed by atoms with Crippen LogP contribution in [0.5, 0.6) is 0 Å². The highest BCUT2D eigenvalue weighted by Crippen LogP contribution is 2.43. The zero-order valence-corrected chi connectivity index (χ0v) is 15.6. The topological polar surface area (TPSA) is 75.5 Å². The Morgan fingerprint density at radius 2 is 1.96 bits per heavy atom. The molecular weight excluding hydrogens is 338 g/mol. The number of aliphatic hydroxyl groups is 1. The highest BCUT2D eigenvalue weighted by atomic mass is 32.1. The van der Waals surface area contributed by atoms with Crippen LogP contribution in [0.3, 0.4) is 0 Å². The molecule has 7 heteroatoms. The Labute approximate surface area is 150 Å². The van der Waals surface area contributed by atoms with Gasteiger partial charge in [-0.25, -0.2) is 14.8 Å². The number of rotatable bonds is 3. The van der Waals surface area contributed by atoms with Crippen LogP contribution in [0.4, 0.5) is 5.82 Å². The fraction of sp³-hybridized carbons (Fsp3) is 0.611. The first-order valence-electron chi connectivity index (χ1n) is 8.90. The van der Waals surface area contributed by atoms with Crippen LogP contribution < -0.4 is 4.90 Å². The molecule has 0 aromatic carbocycles. The van der Waals surface area contributed by atoms with Crippen LogP contribution in [0.15, 0.2) is 0 Å². The van der Waals surface area contributed by atoms with Gasteiger partial charge < -0.3 is 14.7 Å². The second-order valence-corrected chi connectivity index (χ2v) is 7.97. The number of piperidine rings is 1. The number of esters is 1. The molecule has 2 fully saturated rings. The van der Waals surface area contributed by atoms with Crippen LogP contribution >= 0.6 is 11.3 Å². The summed E-state index contributed by atoms with van der Waals surface area (Å²) in [5.74, 6) is 1.35. The molecule has 134 valence electrons. The zero-order valence-electron chi connectivity index (χ0n) is 14.8. The Kier molecular flexibility index (Phi) is 4.16. The minimum Gasteiger partial charge on any atom is -0.462 e. The number of nitrogens with zero attached hydrogens (tertiary/aromatic N) is 3. The van der Waals surface area contributed by atoms with Crippen molar-refractivity contribution in [3.63, 3.8) is 0 Å². The van der Waals surface area contributed by atoms with Gasteiger partial charge in [-0.15, -0.1) is 11.3 Å². The van der Waals surface area contributed by atoms with E-state index in [0.29, 0.717) is 29.4 Å². The normalized spacial score (nSPS) is 25.6. The molecular formula is C18H23N3O3S. The molecule has 6 nitrogen and oxygen atoms in total. The lowest BCUT2D eigenvalue weighted by atomic mass is 9.99. The molecule has 2 unspecified atom stereocenters.